The molecule has 1 amide bonds. The summed E-state index contributed by atoms with van der Waals surface area (Å²) in [5.41, 5.74) is 1.84. The maximum absolute atomic E-state index is 13.3. The third-order valence-electron chi connectivity index (χ3n) is 6.55. The quantitative estimate of drug-likeness (QED) is 0.852. The minimum Gasteiger partial charge on any atom is -0.497 e. The Morgan fingerprint density at radius 3 is 2.82 bits per heavy atom. The highest BCUT2D eigenvalue weighted by molar-refractivity contribution is 5.96. The molecule has 6 heteroatoms. The highest BCUT2D eigenvalue weighted by Crippen LogP contribution is 2.53. The summed E-state index contributed by atoms with van der Waals surface area (Å²) >= 11 is 0. The molecule has 150 valence electrons. The smallest absolute Gasteiger partial charge is 0.254 e. The summed E-state index contributed by atoms with van der Waals surface area (Å²) in [4.78, 5) is 20.1. The molecule has 1 spiro atoms. The molecule has 28 heavy (non-hydrogen) atoms. The van der Waals surface area contributed by atoms with Crippen LogP contribution in [0.3, 0.4) is 0 Å². The van der Waals surface area contributed by atoms with Crippen molar-refractivity contribution >= 4 is 5.91 Å². The molecule has 4 rings (SSSR count). The number of aromatic amines is 1. The summed E-state index contributed by atoms with van der Waals surface area (Å²) in [6, 6.07) is 5.68. The van der Waals surface area contributed by atoms with E-state index in [0.29, 0.717) is 6.54 Å². The number of methoxy groups -OCH3 is 1. The van der Waals surface area contributed by atoms with Gasteiger partial charge in [-0.15, -0.1) is 0 Å². The molecule has 6 nitrogen and oxygen atoms in total. The van der Waals surface area contributed by atoms with Gasteiger partial charge in [-0.1, -0.05) is 19.8 Å². The first-order chi connectivity index (χ1) is 13.6. The molecule has 1 aliphatic carbocycles. The lowest BCUT2D eigenvalue weighted by molar-refractivity contribution is 0.0772. The molecule has 2 heterocycles. The number of benzene rings is 1. The molecule has 1 saturated heterocycles. The molecule has 1 aromatic heterocycles. The lowest BCUT2D eigenvalue weighted by atomic mass is 9.76. The topological polar surface area (TPSA) is 71.1 Å². The van der Waals surface area contributed by atoms with Crippen LogP contribution in [0.4, 0.5) is 0 Å². The number of aryl methyl sites for hydroxylation is 2. The van der Waals surface area contributed by atoms with Crippen molar-refractivity contribution in [2.45, 2.75) is 58.3 Å². The average Bonchev–Trinajstić information content (AvgIpc) is 3.43. The van der Waals surface area contributed by atoms with Crippen LogP contribution in [0.5, 0.6) is 5.75 Å². The lowest BCUT2D eigenvalue weighted by Crippen LogP contribution is -2.31. The van der Waals surface area contributed by atoms with E-state index in [4.69, 9.17) is 9.72 Å². The fraction of sp³-hybridized carbons (Fsp3) is 0.591. The summed E-state index contributed by atoms with van der Waals surface area (Å²) in [7, 11) is 1.65. The number of carbonyl (C=O) groups excluding carboxylic acids is 1. The van der Waals surface area contributed by atoms with E-state index < -0.39 is 0 Å². The minimum absolute atomic E-state index is 0.109. The normalized spacial score (nSPS) is 20.8. The van der Waals surface area contributed by atoms with Crippen molar-refractivity contribution in [1.82, 2.24) is 20.1 Å². The first kappa shape index (κ1) is 19.0. The van der Waals surface area contributed by atoms with Gasteiger partial charge >= 0.3 is 0 Å². The number of hydrogen-bond donors (Lipinski definition) is 1. The van der Waals surface area contributed by atoms with Crippen LogP contribution >= 0.6 is 0 Å². The van der Waals surface area contributed by atoms with E-state index in [1.165, 1.54) is 12.8 Å². The summed E-state index contributed by atoms with van der Waals surface area (Å²) in [6.45, 7) is 5.63. The van der Waals surface area contributed by atoms with Crippen molar-refractivity contribution in [2.24, 2.45) is 5.41 Å². The highest BCUT2D eigenvalue weighted by atomic mass is 16.5. The molecule has 1 saturated carbocycles. The zero-order valence-corrected chi connectivity index (χ0v) is 17.1. The predicted molar refractivity (Wildman–Crippen MR) is 108 cm³/mol. The van der Waals surface area contributed by atoms with Crippen LogP contribution < -0.4 is 4.74 Å². The van der Waals surface area contributed by atoms with E-state index in [1.54, 1.807) is 7.11 Å². The molecule has 1 aromatic carbocycles. The van der Waals surface area contributed by atoms with Crippen LogP contribution in [0.1, 0.15) is 72.5 Å². The maximum atomic E-state index is 13.3. The van der Waals surface area contributed by atoms with Gasteiger partial charge in [0.05, 0.1) is 7.11 Å². The van der Waals surface area contributed by atoms with Crippen LogP contribution in [0.2, 0.25) is 0 Å². The largest absolute Gasteiger partial charge is 0.497 e. The Bertz CT molecular complexity index is 854. The number of H-pyrrole nitrogens is 1. The highest BCUT2D eigenvalue weighted by Gasteiger charge is 2.51. The van der Waals surface area contributed by atoms with Crippen LogP contribution in [0.25, 0.3) is 0 Å². The van der Waals surface area contributed by atoms with Gasteiger partial charge in [-0.3, -0.25) is 9.89 Å². The first-order valence-corrected chi connectivity index (χ1v) is 10.4. The number of nitrogens with one attached hydrogen (secondary N) is 1. The molecule has 2 aromatic rings. The molecule has 1 N–H and O–H groups in total. The van der Waals surface area contributed by atoms with Crippen LogP contribution in [-0.4, -0.2) is 46.2 Å². The van der Waals surface area contributed by atoms with Crippen molar-refractivity contribution in [2.75, 3.05) is 20.2 Å². The molecular formula is C22H30N4O2. The van der Waals surface area contributed by atoms with Gasteiger partial charge in [0.25, 0.3) is 5.91 Å². The molecule has 2 fully saturated rings. The Morgan fingerprint density at radius 2 is 2.14 bits per heavy atom. The van der Waals surface area contributed by atoms with E-state index in [-0.39, 0.29) is 17.2 Å². The van der Waals surface area contributed by atoms with E-state index in [2.05, 4.69) is 17.1 Å². The van der Waals surface area contributed by atoms with Crippen LogP contribution in [0, 0.1) is 12.3 Å². The molecule has 1 unspecified atom stereocenters. The minimum atomic E-state index is 0.109. The average molecular weight is 383 g/mol. The maximum Gasteiger partial charge on any atom is 0.254 e. The predicted octanol–water partition coefficient (Wildman–Crippen LogP) is 3.87. The van der Waals surface area contributed by atoms with Crippen molar-refractivity contribution < 1.29 is 9.53 Å². The van der Waals surface area contributed by atoms with Crippen molar-refractivity contribution in [3.05, 3.63) is 41.0 Å². The third-order valence-corrected chi connectivity index (χ3v) is 6.55. The van der Waals surface area contributed by atoms with E-state index in [1.807, 2.05) is 30.0 Å². The van der Waals surface area contributed by atoms with E-state index in [0.717, 1.165) is 60.8 Å². The Hall–Kier alpha value is -2.37. The zero-order chi connectivity index (χ0) is 19.7. The standard InChI is InChI=1S/C22H30N4O2/c1-4-7-19-23-20(25-24-19)18-13-26(14-22(18)10-5-6-11-22)21(27)17-9-8-16(28-3)12-15(17)2/h8-9,12,18H,4-7,10-11,13-14H2,1-3H3,(H,23,24,25). The van der Waals surface area contributed by atoms with E-state index >= 15 is 0 Å². The first-order valence-electron chi connectivity index (χ1n) is 10.4. The number of ether oxygens (including phenoxy) is 1. The summed E-state index contributed by atoms with van der Waals surface area (Å²) < 4.78 is 5.28. The second-order valence-corrected chi connectivity index (χ2v) is 8.38. The van der Waals surface area contributed by atoms with Crippen molar-refractivity contribution in [3.63, 3.8) is 0 Å². The van der Waals surface area contributed by atoms with E-state index in [9.17, 15) is 4.79 Å². The SMILES string of the molecule is CCCc1nc(C2CN(C(=O)c3ccc(OC)cc3C)CC23CCCC3)n[nH]1. The molecule has 0 radical (unpaired) electrons. The Labute approximate surface area is 166 Å². The van der Waals surface area contributed by atoms with Crippen molar-refractivity contribution in [3.8, 4) is 5.75 Å². The van der Waals surface area contributed by atoms with Gasteiger partial charge in [0, 0.05) is 31.0 Å². The Morgan fingerprint density at radius 1 is 1.36 bits per heavy atom. The fourth-order valence-electron chi connectivity index (χ4n) is 5.05. The fourth-order valence-corrected chi connectivity index (χ4v) is 5.05. The third kappa shape index (κ3) is 3.29. The lowest BCUT2D eigenvalue weighted by Gasteiger charge is -2.28. The van der Waals surface area contributed by atoms with Gasteiger partial charge in [0.15, 0.2) is 5.82 Å². The zero-order valence-electron chi connectivity index (χ0n) is 17.1. The van der Waals surface area contributed by atoms with Gasteiger partial charge in [-0.2, -0.15) is 5.10 Å². The molecule has 0 bridgehead atoms. The number of aromatic nitrogens is 3. The van der Waals surface area contributed by atoms with Gasteiger partial charge in [0.1, 0.15) is 11.6 Å². The van der Waals surface area contributed by atoms with Crippen LogP contribution in [0.15, 0.2) is 18.2 Å². The molecular weight excluding hydrogens is 352 g/mol. The summed E-state index contributed by atoms with van der Waals surface area (Å²) in [5.74, 6) is 2.97. The molecule has 2 aliphatic rings. The number of rotatable bonds is 5. The van der Waals surface area contributed by atoms with Crippen molar-refractivity contribution in [1.29, 1.82) is 0 Å². The number of likely N-dealkylation sites (tertiary alicyclic amines) is 1. The Balaban J connectivity index is 1.60. The Kier molecular flexibility index (Phi) is 5.13. The molecule has 1 aliphatic heterocycles. The second-order valence-electron chi connectivity index (χ2n) is 8.38. The number of carbonyl (C=O) groups is 1. The van der Waals surface area contributed by atoms with Gasteiger partial charge < -0.3 is 9.64 Å². The van der Waals surface area contributed by atoms with Gasteiger partial charge in [0.2, 0.25) is 0 Å². The van der Waals surface area contributed by atoms with Crippen LogP contribution in [-0.2, 0) is 6.42 Å². The van der Waals surface area contributed by atoms with Gasteiger partial charge in [-0.05, 0) is 55.4 Å². The number of amides is 1. The molecule has 1 atom stereocenters. The number of hydrogen-bond acceptors (Lipinski definition) is 4. The van der Waals surface area contributed by atoms with Gasteiger partial charge in [-0.25, -0.2) is 4.98 Å². The summed E-state index contributed by atoms with van der Waals surface area (Å²) in [5, 5.41) is 7.66. The monoisotopic (exact) mass is 382 g/mol. The summed E-state index contributed by atoms with van der Waals surface area (Å²) in [6.07, 6.45) is 6.73. The number of nitrogens with zero attached hydrogens (tertiary/aromatic N) is 3. The second kappa shape index (κ2) is 7.57.